The summed E-state index contributed by atoms with van der Waals surface area (Å²) in [6.45, 7) is 1.89. The van der Waals surface area contributed by atoms with Crippen LogP contribution in [0.1, 0.15) is 33.9 Å². The molecule has 4 nitrogen and oxygen atoms in total. The van der Waals surface area contributed by atoms with Crippen LogP contribution in [0.2, 0.25) is 0 Å². The maximum Gasteiger partial charge on any atom is 0.270 e. The number of aliphatic hydroxyl groups is 1. The van der Waals surface area contributed by atoms with Gasteiger partial charge in [0.2, 0.25) is 0 Å². The summed E-state index contributed by atoms with van der Waals surface area (Å²) in [5.41, 5.74) is 1.68. The number of aryl methyl sites for hydroxylation is 1. The van der Waals surface area contributed by atoms with Crippen LogP contribution < -0.4 is 5.32 Å². The molecule has 3 rings (SSSR count). The van der Waals surface area contributed by atoms with E-state index in [4.69, 9.17) is 0 Å². The van der Waals surface area contributed by atoms with Crippen molar-refractivity contribution in [3.63, 3.8) is 0 Å². The lowest BCUT2D eigenvalue weighted by molar-refractivity contribution is 0.0239. The molecule has 0 radical (unpaired) electrons. The van der Waals surface area contributed by atoms with Crippen molar-refractivity contribution < 1.29 is 9.90 Å². The van der Waals surface area contributed by atoms with E-state index in [-0.39, 0.29) is 18.1 Å². The summed E-state index contributed by atoms with van der Waals surface area (Å²) in [5.74, 6) is 0.213. The number of amides is 1. The van der Waals surface area contributed by atoms with Crippen LogP contribution in [0.3, 0.4) is 0 Å². The smallest absolute Gasteiger partial charge is 0.270 e. The topological polar surface area (TPSA) is 62.2 Å². The Morgan fingerprint density at radius 1 is 1.41 bits per heavy atom. The van der Waals surface area contributed by atoms with E-state index in [9.17, 15) is 9.90 Å². The lowest BCUT2D eigenvalue weighted by Gasteiger charge is -2.38. The number of carbonyl (C=O) groups is 1. The summed E-state index contributed by atoms with van der Waals surface area (Å²) in [6.07, 6.45) is 2.08. The van der Waals surface area contributed by atoms with Gasteiger partial charge in [0.1, 0.15) is 5.69 Å². The highest BCUT2D eigenvalue weighted by atomic mass is 32.1. The van der Waals surface area contributed by atoms with Crippen LogP contribution in [-0.4, -0.2) is 28.1 Å². The molecule has 1 aliphatic rings. The molecule has 1 aromatic carbocycles. The first-order valence-electron chi connectivity index (χ1n) is 7.57. The number of hydrogen-bond donors (Lipinski definition) is 2. The van der Waals surface area contributed by atoms with Gasteiger partial charge in [-0.05, 0) is 37.7 Å². The fourth-order valence-corrected chi connectivity index (χ4v) is 3.47. The van der Waals surface area contributed by atoms with Crippen LogP contribution in [-0.2, 0) is 6.42 Å². The highest BCUT2D eigenvalue weighted by molar-refractivity contribution is 7.09. The third-order valence-electron chi connectivity index (χ3n) is 4.19. The molecule has 2 aromatic rings. The predicted molar refractivity (Wildman–Crippen MR) is 87.0 cm³/mol. The summed E-state index contributed by atoms with van der Waals surface area (Å²) in [4.78, 5) is 16.6. The first kappa shape index (κ1) is 15.2. The molecule has 22 heavy (non-hydrogen) atoms. The van der Waals surface area contributed by atoms with Gasteiger partial charge in [0.05, 0.1) is 11.1 Å². The molecule has 1 heterocycles. The molecule has 0 bridgehead atoms. The van der Waals surface area contributed by atoms with Crippen LogP contribution in [0, 0.1) is 12.8 Å². The number of carbonyl (C=O) groups excluding carboxylic acids is 1. The summed E-state index contributed by atoms with van der Waals surface area (Å²) >= 11 is 1.48. The van der Waals surface area contributed by atoms with E-state index in [1.54, 1.807) is 5.38 Å². The Kier molecular flexibility index (Phi) is 4.55. The lowest BCUT2D eigenvalue weighted by atomic mass is 9.75. The highest BCUT2D eigenvalue weighted by Crippen LogP contribution is 2.32. The van der Waals surface area contributed by atoms with Crippen LogP contribution in [0.15, 0.2) is 35.7 Å². The van der Waals surface area contributed by atoms with E-state index in [0.29, 0.717) is 11.6 Å². The van der Waals surface area contributed by atoms with Gasteiger partial charge in [-0.3, -0.25) is 4.79 Å². The third kappa shape index (κ3) is 3.54. The Bertz CT molecular complexity index is 635. The van der Waals surface area contributed by atoms with E-state index in [0.717, 1.165) is 24.3 Å². The van der Waals surface area contributed by atoms with E-state index in [1.165, 1.54) is 16.9 Å². The zero-order chi connectivity index (χ0) is 15.5. The van der Waals surface area contributed by atoms with Crippen molar-refractivity contribution in [1.29, 1.82) is 0 Å². The Morgan fingerprint density at radius 3 is 2.73 bits per heavy atom. The Morgan fingerprint density at radius 2 is 2.14 bits per heavy atom. The molecule has 116 valence electrons. The van der Waals surface area contributed by atoms with Crippen molar-refractivity contribution in [3.8, 4) is 0 Å². The van der Waals surface area contributed by atoms with Gasteiger partial charge >= 0.3 is 0 Å². The zero-order valence-corrected chi connectivity index (χ0v) is 13.3. The Balaban J connectivity index is 1.69. The van der Waals surface area contributed by atoms with Crippen molar-refractivity contribution >= 4 is 17.2 Å². The van der Waals surface area contributed by atoms with E-state index >= 15 is 0 Å². The second-order valence-electron chi connectivity index (χ2n) is 5.91. The molecule has 1 fully saturated rings. The summed E-state index contributed by atoms with van der Waals surface area (Å²) < 4.78 is 0. The minimum atomic E-state index is -0.221. The minimum Gasteiger partial charge on any atom is -0.393 e. The normalized spacial score (nSPS) is 21.9. The van der Waals surface area contributed by atoms with Crippen molar-refractivity contribution in [1.82, 2.24) is 10.3 Å². The van der Waals surface area contributed by atoms with Crippen molar-refractivity contribution in [2.45, 2.75) is 38.3 Å². The van der Waals surface area contributed by atoms with Gasteiger partial charge in [0, 0.05) is 11.4 Å². The van der Waals surface area contributed by atoms with Gasteiger partial charge in [0.25, 0.3) is 5.91 Å². The van der Waals surface area contributed by atoms with Crippen LogP contribution >= 0.6 is 11.3 Å². The van der Waals surface area contributed by atoms with Crippen LogP contribution in [0.4, 0.5) is 0 Å². The van der Waals surface area contributed by atoms with Gasteiger partial charge in [-0.1, -0.05) is 30.3 Å². The van der Waals surface area contributed by atoms with Crippen molar-refractivity contribution in [2.24, 2.45) is 5.92 Å². The lowest BCUT2D eigenvalue weighted by Crippen LogP contribution is -2.48. The molecule has 5 heteroatoms. The molecule has 2 N–H and O–H groups in total. The fraction of sp³-hybridized carbons (Fsp3) is 0.412. The van der Waals surface area contributed by atoms with Gasteiger partial charge in [-0.2, -0.15) is 0 Å². The summed E-state index contributed by atoms with van der Waals surface area (Å²) in [6, 6.07) is 10.2. The zero-order valence-electron chi connectivity index (χ0n) is 12.5. The average Bonchev–Trinajstić information content (AvgIpc) is 2.91. The molecule has 1 saturated carbocycles. The van der Waals surface area contributed by atoms with Gasteiger partial charge < -0.3 is 10.4 Å². The number of thiazole rings is 1. The number of hydrogen-bond acceptors (Lipinski definition) is 4. The second kappa shape index (κ2) is 6.58. The standard InChI is InChI=1S/C17H20N2O2S/c1-11-18-16(10-22-11)17(21)19-15(13-8-14(20)9-13)7-12-5-3-2-4-6-12/h2-6,10,13-15,20H,7-9H2,1H3,(H,19,21)/t13?,14?,15-/m0/s1. The average molecular weight is 316 g/mol. The largest absolute Gasteiger partial charge is 0.393 e. The molecule has 0 spiro atoms. The number of benzene rings is 1. The quantitative estimate of drug-likeness (QED) is 0.891. The minimum absolute atomic E-state index is 0.0420. The van der Waals surface area contributed by atoms with E-state index in [1.807, 2.05) is 25.1 Å². The first-order valence-corrected chi connectivity index (χ1v) is 8.45. The summed E-state index contributed by atoms with van der Waals surface area (Å²) in [5, 5.41) is 15.4. The molecule has 1 aromatic heterocycles. The predicted octanol–water partition coefficient (Wildman–Crippen LogP) is 2.56. The second-order valence-corrected chi connectivity index (χ2v) is 6.97. The van der Waals surface area contributed by atoms with Crippen molar-refractivity contribution in [2.75, 3.05) is 0 Å². The number of rotatable bonds is 5. The van der Waals surface area contributed by atoms with Crippen LogP contribution in [0.25, 0.3) is 0 Å². The molecular formula is C17H20N2O2S. The number of aromatic nitrogens is 1. The maximum atomic E-state index is 12.4. The Labute approximate surface area is 134 Å². The van der Waals surface area contributed by atoms with Crippen molar-refractivity contribution in [3.05, 3.63) is 52.0 Å². The SMILES string of the molecule is Cc1nc(C(=O)N[C@@H](Cc2ccccc2)C2CC(O)C2)cs1. The molecule has 1 amide bonds. The number of aliphatic hydroxyl groups excluding tert-OH is 1. The molecule has 1 aliphatic carbocycles. The molecule has 0 saturated heterocycles. The maximum absolute atomic E-state index is 12.4. The fourth-order valence-electron chi connectivity index (χ4n) is 2.87. The molecule has 1 atom stereocenters. The Hall–Kier alpha value is -1.72. The van der Waals surface area contributed by atoms with E-state index in [2.05, 4.69) is 22.4 Å². The van der Waals surface area contributed by atoms with Gasteiger partial charge in [-0.15, -0.1) is 11.3 Å². The molecule has 0 aliphatic heterocycles. The van der Waals surface area contributed by atoms with Crippen LogP contribution in [0.5, 0.6) is 0 Å². The van der Waals surface area contributed by atoms with Gasteiger partial charge in [0.15, 0.2) is 0 Å². The number of nitrogens with one attached hydrogen (secondary N) is 1. The molecule has 0 unspecified atom stereocenters. The first-order chi connectivity index (χ1) is 10.6. The number of nitrogens with zero attached hydrogens (tertiary/aromatic N) is 1. The highest BCUT2D eigenvalue weighted by Gasteiger charge is 2.35. The summed E-state index contributed by atoms with van der Waals surface area (Å²) in [7, 11) is 0. The third-order valence-corrected chi connectivity index (χ3v) is 4.96. The van der Waals surface area contributed by atoms with Gasteiger partial charge in [-0.25, -0.2) is 4.98 Å². The van der Waals surface area contributed by atoms with E-state index < -0.39 is 0 Å². The monoisotopic (exact) mass is 316 g/mol. The molecular weight excluding hydrogens is 296 g/mol.